The number of hydrogen-bond donors (Lipinski definition) is 4. The van der Waals surface area contributed by atoms with Gasteiger partial charge in [-0.1, -0.05) is 233 Å². The maximum Gasteiger partial charge on any atom is 0.0431 e. The second-order valence-corrected chi connectivity index (χ2v) is 14.2. The van der Waals surface area contributed by atoms with Crippen LogP contribution in [0.1, 0.15) is 259 Å². The maximum atomic E-state index is 8.61. The number of unbranched alkanes of at least 4 members (excludes halogenated alkanes) is 32. The van der Waals surface area contributed by atoms with Gasteiger partial charge < -0.3 is 20.4 Å². The lowest BCUT2D eigenvalue weighted by Crippen LogP contribution is -1.84. The van der Waals surface area contributed by atoms with Crippen molar-refractivity contribution in [1.82, 2.24) is 0 Å². The zero-order valence-corrected chi connectivity index (χ0v) is 34.1. The van der Waals surface area contributed by atoms with Gasteiger partial charge in [0.15, 0.2) is 0 Å². The molecular formula is C44H96O4. The monoisotopic (exact) mass is 689 g/mol. The quantitative estimate of drug-likeness (QED) is 0.0494. The van der Waals surface area contributed by atoms with Crippen molar-refractivity contribution in [1.29, 1.82) is 0 Å². The van der Waals surface area contributed by atoms with E-state index in [0.717, 1.165) is 25.7 Å². The predicted molar refractivity (Wildman–Crippen MR) is 217 cm³/mol. The summed E-state index contributed by atoms with van der Waals surface area (Å²) >= 11 is 0. The lowest BCUT2D eigenvalue weighted by Gasteiger charge is -2.01. The summed E-state index contributed by atoms with van der Waals surface area (Å²) in [7, 11) is 0. The fourth-order valence-electron chi connectivity index (χ4n) is 5.69. The Bertz CT molecular complexity index is 410. The molecule has 0 unspecified atom stereocenters. The third kappa shape index (κ3) is 71.8. The smallest absolute Gasteiger partial charge is 0.0431 e. The molecule has 0 aromatic rings. The highest BCUT2D eigenvalue weighted by Crippen LogP contribution is 2.12. The predicted octanol–water partition coefficient (Wildman–Crippen LogP) is 14.0. The summed E-state index contributed by atoms with van der Waals surface area (Å²) in [6.45, 7) is 10.5. The van der Waals surface area contributed by atoms with Gasteiger partial charge in [0, 0.05) is 26.4 Å². The fraction of sp³-hybridized carbons (Fsp3) is 1.00. The van der Waals surface area contributed by atoms with Crippen LogP contribution < -0.4 is 0 Å². The Kier molecular flexibility index (Phi) is 70.6. The Hall–Kier alpha value is -0.160. The van der Waals surface area contributed by atoms with Crippen LogP contribution in [-0.2, 0) is 0 Å². The normalized spacial score (nSPS) is 10.5. The van der Waals surface area contributed by atoms with E-state index in [1.165, 1.54) is 205 Å². The average molecular weight is 689 g/mol. The van der Waals surface area contributed by atoms with Gasteiger partial charge in [-0.25, -0.2) is 0 Å². The molecule has 296 valence electrons. The molecule has 0 aromatic heterocycles. The van der Waals surface area contributed by atoms with Gasteiger partial charge >= 0.3 is 0 Å². The number of aliphatic hydroxyl groups excluding tert-OH is 4. The van der Waals surface area contributed by atoms with Gasteiger partial charge in [-0.15, -0.1) is 0 Å². The summed E-state index contributed by atoms with van der Waals surface area (Å²) in [5.74, 6) is 0. The van der Waals surface area contributed by atoms with E-state index in [4.69, 9.17) is 20.4 Å². The second-order valence-electron chi connectivity index (χ2n) is 14.2. The maximum absolute atomic E-state index is 8.61. The molecule has 0 spiro atoms. The molecule has 0 aliphatic carbocycles. The lowest BCUT2D eigenvalue weighted by atomic mass is 10.1. The molecule has 0 atom stereocenters. The molecule has 0 aliphatic heterocycles. The van der Waals surface area contributed by atoms with E-state index in [1.807, 2.05) is 0 Å². The fourth-order valence-corrected chi connectivity index (χ4v) is 5.69. The molecular weight excluding hydrogens is 592 g/mol. The Labute approximate surface area is 305 Å². The van der Waals surface area contributed by atoms with Crippen molar-refractivity contribution in [3.05, 3.63) is 0 Å². The summed E-state index contributed by atoms with van der Waals surface area (Å²) in [5.41, 5.74) is 0. The van der Waals surface area contributed by atoms with Gasteiger partial charge in [0.25, 0.3) is 0 Å². The molecule has 0 fully saturated rings. The van der Waals surface area contributed by atoms with Crippen LogP contribution in [0.4, 0.5) is 0 Å². The number of aliphatic hydroxyl groups is 4. The highest BCUT2D eigenvalue weighted by molar-refractivity contribution is 4.49. The summed E-state index contributed by atoms with van der Waals surface area (Å²) in [6.07, 6.45) is 47.4. The highest BCUT2D eigenvalue weighted by Gasteiger charge is 1.94. The first kappa shape index (κ1) is 54.6. The van der Waals surface area contributed by atoms with Crippen molar-refractivity contribution in [2.24, 2.45) is 0 Å². The van der Waals surface area contributed by atoms with Crippen LogP contribution >= 0.6 is 0 Å². The van der Waals surface area contributed by atoms with E-state index >= 15 is 0 Å². The van der Waals surface area contributed by atoms with Gasteiger partial charge in [0.05, 0.1) is 0 Å². The van der Waals surface area contributed by atoms with Crippen molar-refractivity contribution in [3.8, 4) is 0 Å². The molecule has 4 nitrogen and oxygen atoms in total. The highest BCUT2D eigenvalue weighted by atomic mass is 16.3. The molecule has 48 heavy (non-hydrogen) atoms. The average Bonchev–Trinajstić information content (AvgIpc) is 3.10. The Balaban J connectivity index is -0.000000273. The Morgan fingerprint density at radius 3 is 0.375 bits per heavy atom. The molecule has 0 saturated carbocycles. The van der Waals surface area contributed by atoms with Gasteiger partial charge in [-0.3, -0.25) is 0 Å². The molecule has 0 rings (SSSR count). The minimum absolute atomic E-state index is 0.367. The van der Waals surface area contributed by atoms with E-state index in [0.29, 0.717) is 26.4 Å². The summed E-state index contributed by atoms with van der Waals surface area (Å²) in [5, 5.41) is 34.1. The van der Waals surface area contributed by atoms with Crippen LogP contribution in [0.3, 0.4) is 0 Å². The van der Waals surface area contributed by atoms with Crippen LogP contribution in [0.25, 0.3) is 0 Å². The van der Waals surface area contributed by atoms with Crippen LogP contribution in [0.15, 0.2) is 0 Å². The van der Waals surface area contributed by atoms with Crippen LogP contribution in [0, 0.1) is 0 Å². The molecule has 4 N–H and O–H groups in total. The first-order valence-corrected chi connectivity index (χ1v) is 22.1. The van der Waals surface area contributed by atoms with E-state index < -0.39 is 0 Å². The molecule has 0 aromatic carbocycles. The molecule has 0 amide bonds. The summed E-state index contributed by atoms with van der Waals surface area (Å²) in [4.78, 5) is 0. The number of hydrogen-bond acceptors (Lipinski definition) is 4. The first-order chi connectivity index (χ1) is 23.7. The van der Waals surface area contributed by atoms with E-state index in [-0.39, 0.29) is 0 Å². The van der Waals surface area contributed by atoms with E-state index in [9.17, 15) is 0 Å². The van der Waals surface area contributed by atoms with Crippen molar-refractivity contribution >= 4 is 0 Å². The zero-order chi connectivity index (χ0) is 36.3. The van der Waals surface area contributed by atoms with Crippen molar-refractivity contribution in [2.45, 2.75) is 259 Å². The van der Waals surface area contributed by atoms with Crippen LogP contribution in [-0.4, -0.2) is 46.9 Å². The van der Waals surface area contributed by atoms with Gasteiger partial charge in [-0.2, -0.15) is 0 Å². The van der Waals surface area contributed by atoms with E-state index in [1.54, 1.807) is 0 Å². The Morgan fingerprint density at radius 1 is 0.167 bits per heavy atom. The first-order valence-electron chi connectivity index (χ1n) is 22.1. The number of rotatable bonds is 36. The molecule has 0 radical (unpaired) electrons. The topological polar surface area (TPSA) is 80.9 Å². The van der Waals surface area contributed by atoms with E-state index in [2.05, 4.69) is 27.7 Å². The summed E-state index contributed by atoms with van der Waals surface area (Å²) < 4.78 is 0. The third-order valence-electron chi connectivity index (χ3n) is 9.05. The molecule has 0 heterocycles. The molecule has 4 heteroatoms. The molecule has 0 saturated heterocycles. The van der Waals surface area contributed by atoms with Gasteiger partial charge in [-0.05, 0) is 25.7 Å². The molecule has 0 bridgehead atoms. The summed E-state index contributed by atoms with van der Waals surface area (Å²) in [6, 6.07) is 0. The largest absolute Gasteiger partial charge is 0.396 e. The van der Waals surface area contributed by atoms with Crippen LogP contribution in [0.2, 0.25) is 0 Å². The minimum Gasteiger partial charge on any atom is -0.396 e. The molecule has 0 aliphatic rings. The van der Waals surface area contributed by atoms with Crippen LogP contribution in [0.5, 0.6) is 0 Å². The van der Waals surface area contributed by atoms with Crippen molar-refractivity contribution in [3.63, 3.8) is 0 Å². The lowest BCUT2D eigenvalue weighted by molar-refractivity contribution is 0.282. The minimum atomic E-state index is 0.367. The third-order valence-corrected chi connectivity index (χ3v) is 9.05. The Morgan fingerprint density at radius 2 is 0.271 bits per heavy atom. The zero-order valence-electron chi connectivity index (χ0n) is 34.1. The SMILES string of the molecule is CCCCCCCCCCCCCCO.CCCCCCCCCCCCO.CCCCCCCCCCO.CCCCCCCCO. The second kappa shape index (κ2) is 62.0. The van der Waals surface area contributed by atoms with Crippen molar-refractivity contribution in [2.75, 3.05) is 26.4 Å². The standard InChI is InChI=1S/C14H30O.C12H26O.C10H22O.C8H18O/c1-2-3-4-5-6-7-8-9-10-11-12-13-14-15;1-2-3-4-5-6-7-8-9-10-11-12-13;1-2-3-4-5-6-7-8-9-10-11;1-2-3-4-5-6-7-8-9/h15H,2-14H2,1H3;13H,2-12H2,1H3;11H,2-10H2,1H3;9H,2-8H2,1H3. The van der Waals surface area contributed by atoms with Gasteiger partial charge in [0.1, 0.15) is 0 Å². The van der Waals surface area contributed by atoms with Gasteiger partial charge in [0.2, 0.25) is 0 Å². The van der Waals surface area contributed by atoms with Crippen molar-refractivity contribution < 1.29 is 20.4 Å².